The lowest BCUT2D eigenvalue weighted by Gasteiger charge is -2.07. The molecule has 1 heterocycles. The lowest BCUT2D eigenvalue weighted by Crippen LogP contribution is -2.24. The van der Waals surface area contributed by atoms with E-state index in [1.807, 2.05) is 44.2 Å². The average Bonchev–Trinajstić information content (AvgIpc) is 3.02. The SMILES string of the molecule is CCCNS(=O)(=O)c1ccc(-c2c(-c3ccccc3)noc2C)cc1. The minimum absolute atomic E-state index is 0.250. The second kappa shape index (κ2) is 7.21. The van der Waals surface area contributed by atoms with Gasteiger partial charge in [-0.2, -0.15) is 0 Å². The average molecular weight is 356 g/mol. The highest BCUT2D eigenvalue weighted by atomic mass is 32.2. The first-order valence-electron chi connectivity index (χ1n) is 8.14. The summed E-state index contributed by atoms with van der Waals surface area (Å²) >= 11 is 0. The number of benzene rings is 2. The summed E-state index contributed by atoms with van der Waals surface area (Å²) in [5, 5.41) is 4.17. The monoisotopic (exact) mass is 356 g/mol. The van der Waals surface area contributed by atoms with E-state index in [1.54, 1.807) is 24.3 Å². The predicted molar refractivity (Wildman–Crippen MR) is 97.6 cm³/mol. The van der Waals surface area contributed by atoms with Crippen LogP contribution in [0.1, 0.15) is 19.1 Å². The Morgan fingerprint density at radius 1 is 1.00 bits per heavy atom. The quantitative estimate of drug-likeness (QED) is 0.724. The molecule has 5 nitrogen and oxygen atoms in total. The standard InChI is InChI=1S/C19H20N2O3S/c1-3-13-20-25(22,23)17-11-9-15(10-12-17)18-14(2)24-21-19(18)16-7-5-4-6-8-16/h4-12,20H,3,13H2,1-2H3. The Labute approximate surface area is 147 Å². The molecule has 0 radical (unpaired) electrons. The third-order valence-corrected chi connectivity index (χ3v) is 5.38. The number of rotatable bonds is 6. The van der Waals surface area contributed by atoms with Crippen molar-refractivity contribution in [2.75, 3.05) is 6.54 Å². The number of sulfonamides is 1. The van der Waals surface area contributed by atoms with Crippen LogP contribution in [0.2, 0.25) is 0 Å². The Morgan fingerprint density at radius 3 is 2.32 bits per heavy atom. The minimum atomic E-state index is -3.47. The third kappa shape index (κ3) is 3.65. The van der Waals surface area contributed by atoms with Crippen molar-refractivity contribution < 1.29 is 12.9 Å². The number of nitrogens with zero attached hydrogens (tertiary/aromatic N) is 1. The molecule has 0 aliphatic carbocycles. The molecule has 0 spiro atoms. The number of nitrogens with one attached hydrogen (secondary N) is 1. The molecule has 3 aromatic rings. The zero-order chi connectivity index (χ0) is 17.9. The Hall–Kier alpha value is -2.44. The molecule has 6 heteroatoms. The van der Waals surface area contributed by atoms with Crippen LogP contribution >= 0.6 is 0 Å². The number of aryl methyl sites for hydroxylation is 1. The summed E-state index contributed by atoms with van der Waals surface area (Å²) in [6.45, 7) is 4.20. The van der Waals surface area contributed by atoms with Crippen molar-refractivity contribution in [2.24, 2.45) is 0 Å². The van der Waals surface area contributed by atoms with E-state index >= 15 is 0 Å². The second-order valence-electron chi connectivity index (χ2n) is 5.75. The van der Waals surface area contributed by atoms with Crippen LogP contribution in [0, 0.1) is 6.92 Å². The van der Waals surface area contributed by atoms with Crippen molar-refractivity contribution in [2.45, 2.75) is 25.2 Å². The largest absolute Gasteiger partial charge is 0.360 e. The fraction of sp³-hybridized carbons (Fsp3) is 0.211. The summed E-state index contributed by atoms with van der Waals surface area (Å²) in [6, 6.07) is 16.5. The van der Waals surface area contributed by atoms with Crippen LogP contribution in [0.4, 0.5) is 0 Å². The van der Waals surface area contributed by atoms with Crippen molar-refractivity contribution >= 4 is 10.0 Å². The highest BCUT2D eigenvalue weighted by molar-refractivity contribution is 7.89. The van der Waals surface area contributed by atoms with E-state index in [4.69, 9.17) is 4.52 Å². The molecule has 0 saturated heterocycles. The van der Waals surface area contributed by atoms with E-state index in [1.165, 1.54) is 0 Å². The highest BCUT2D eigenvalue weighted by Gasteiger charge is 2.18. The molecular formula is C19H20N2O3S. The summed E-state index contributed by atoms with van der Waals surface area (Å²) in [5.41, 5.74) is 3.44. The van der Waals surface area contributed by atoms with Crippen molar-refractivity contribution in [1.82, 2.24) is 9.88 Å². The van der Waals surface area contributed by atoms with Crippen molar-refractivity contribution in [3.8, 4) is 22.4 Å². The number of aromatic nitrogens is 1. The van der Waals surface area contributed by atoms with E-state index in [0.29, 0.717) is 12.3 Å². The summed E-state index contributed by atoms with van der Waals surface area (Å²) in [4.78, 5) is 0.250. The number of hydrogen-bond donors (Lipinski definition) is 1. The molecule has 2 aromatic carbocycles. The molecule has 0 aliphatic heterocycles. The molecule has 1 aromatic heterocycles. The van der Waals surface area contributed by atoms with Gasteiger partial charge in [0.05, 0.1) is 10.5 Å². The Morgan fingerprint density at radius 2 is 1.68 bits per heavy atom. The van der Waals surface area contributed by atoms with Crippen LogP contribution in [0.25, 0.3) is 22.4 Å². The first kappa shape index (κ1) is 17.4. The Balaban J connectivity index is 1.98. The van der Waals surface area contributed by atoms with E-state index in [0.717, 1.165) is 28.8 Å². The van der Waals surface area contributed by atoms with Gasteiger partial charge in [-0.25, -0.2) is 13.1 Å². The highest BCUT2D eigenvalue weighted by Crippen LogP contribution is 2.34. The van der Waals surface area contributed by atoms with Crippen LogP contribution in [0.3, 0.4) is 0 Å². The fourth-order valence-corrected chi connectivity index (χ4v) is 3.76. The molecule has 0 fully saturated rings. The summed E-state index contributed by atoms with van der Waals surface area (Å²) < 4.78 is 32.3. The Kier molecular flexibility index (Phi) is 5.01. The van der Waals surface area contributed by atoms with Gasteiger partial charge in [0.15, 0.2) is 0 Å². The lowest BCUT2D eigenvalue weighted by atomic mass is 10.00. The van der Waals surface area contributed by atoms with Gasteiger partial charge in [-0.05, 0) is 31.0 Å². The molecule has 0 saturated carbocycles. The topological polar surface area (TPSA) is 72.2 Å². The molecule has 0 unspecified atom stereocenters. The molecule has 25 heavy (non-hydrogen) atoms. The van der Waals surface area contributed by atoms with E-state index in [-0.39, 0.29) is 4.90 Å². The zero-order valence-electron chi connectivity index (χ0n) is 14.2. The van der Waals surface area contributed by atoms with Gasteiger partial charge in [-0.3, -0.25) is 0 Å². The van der Waals surface area contributed by atoms with Gasteiger partial charge in [0.1, 0.15) is 11.5 Å². The van der Waals surface area contributed by atoms with Crippen molar-refractivity contribution in [3.05, 3.63) is 60.4 Å². The van der Waals surface area contributed by atoms with Gasteiger partial charge in [-0.1, -0.05) is 54.5 Å². The second-order valence-corrected chi connectivity index (χ2v) is 7.52. The van der Waals surface area contributed by atoms with Gasteiger partial charge in [0.2, 0.25) is 10.0 Å². The van der Waals surface area contributed by atoms with E-state index in [2.05, 4.69) is 9.88 Å². The van der Waals surface area contributed by atoms with Crippen molar-refractivity contribution in [3.63, 3.8) is 0 Å². The first-order chi connectivity index (χ1) is 12.0. The van der Waals surface area contributed by atoms with Crippen molar-refractivity contribution in [1.29, 1.82) is 0 Å². The zero-order valence-corrected chi connectivity index (χ0v) is 15.0. The van der Waals surface area contributed by atoms with Gasteiger partial charge in [0.25, 0.3) is 0 Å². The normalized spacial score (nSPS) is 11.6. The molecule has 0 aliphatic rings. The van der Waals surface area contributed by atoms with Gasteiger partial charge in [0, 0.05) is 12.1 Å². The molecule has 1 N–H and O–H groups in total. The molecule has 130 valence electrons. The van der Waals surface area contributed by atoms with Gasteiger partial charge < -0.3 is 4.52 Å². The first-order valence-corrected chi connectivity index (χ1v) is 9.63. The van der Waals surface area contributed by atoms with E-state index in [9.17, 15) is 8.42 Å². The lowest BCUT2D eigenvalue weighted by molar-refractivity contribution is 0.400. The van der Waals surface area contributed by atoms with Crippen LogP contribution in [-0.2, 0) is 10.0 Å². The molecule has 3 rings (SSSR count). The molecular weight excluding hydrogens is 336 g/mol. The van der Waals surface area contributed by atoms with E-state index < -0.39 is 10.0 Å². The smallest absolute Gasteiger partial charge is 0.240 e. The maximum Gasteiger partial charge on any atom is 0.240 e. The van der Waals surface area contributed by atoms with Crippen LogP contribution in [0.5, 0.6) is 0 Å². The van der Waals surface area contributed by atoms with Crippen LogP contribution < -0.4 is 4.72 Å². The molecule has 0 amide bonds. The summed E-state index contributed by atoms with van der Waals surface area (Å²) in [6.07, 6.45) is 0.748. The number of hydrogen-bond acceptors (Lipinski definition) is 4. The molecule has 0 atom stereocenters. The van der Waals surface area contributed by atoms with Crippen LogP contribution in [-0.4, -0.2) is 20.1 Å². The maximum absolute atomic E-state index is 12.2. The van der Waals surface area contributed by atoms with Gasteiger partial charge >= 0.3 is 0 Å². The summed E-state index contributed by atoms with van der Waals surface area (Å²) in [5.74, 6) is 0.693. The minimum Gasteiger partial charge on any atom is -0.360 e. The van der Waals surface area contributed by atoms with Crippen LogP contribution in [0.15, 0.2) is 64.0 Å². The maximum atomic E-state index is 12.2. The summed E-state index contributed by atoms with van der Waals surface area (Å²) in [7, 11) is -3.47. The predicted octanol–water partition coefficient (Wildman–Crippen LogP) is 4.01. The third-order valence-electron chi connectivity index (χ3n) is 3.91. The molecule has 0 bridgehead atoms. The fourth-order valence-electron chi connectivity index (χ4n) is 2.63. The Bertz CT molecular complexity index is 946. The van der Waals surface area contributed by atoms with Gasteiger partial charge in [-0.15, -0.1) is 0 Å².